The molecule has 4 heteroatoms. The number of aliphatic hydroxyl groups is 1. The average molecular weight is 395 g/mol. The summed E-state index contributed by atoms with van der Waals surface area (Å²) in [6.07, 6.45) is 1.96. The topological polar surface area (TPSA) is 46.2 Å². The lowest BCUT2D eigenvalue weighted by molar-refractivity contribution is -0.678. The van der Waals surface area contributed by atoms with Gasteiger partial charge in [0.05, 0.1) is 11.1 Å². The van der Waals surface area contributed by atoms with Gasteiger partial charge in [-0.2, -0.15) is 4.57 Å². The number of benzene rings is 2. The highest BCUT2D eigenvalue weighted by atomic mass is 16.6. The Morgan fingerprint density at radius 1 is 1.10 bits per heavy atom. The van der Waals surface area contributed by atoms with Crippen LogP contribution in [0.1, 0.15) is 48.1 Å². The van der Waals surface area contributed by atoms with Gasteiger partial charge in [0, 0.05) is 46.7 Å². The molecule has 1 fully saturated rings. The molecule has 1 saturated carbocycles. The summed E-state index contributed by atoms with van der Waals surface area (Å²) >= 11 is 0. The Morgan fingerprint density at radius 2 is 1.93 bits per heavy atom. The summed E-state index contributed by atoms with van der Waals surface area (Å²) in [6, 6.07) is 15.2. The van der Waals surface area contributed by atoms with Crippen LogP contribution in [-0.2, 0) is 10.2 Å². The Labute approximate surface area is 174 Å². The first-order valence-electron chi connectivity index (χ1n) is 10.6. The third-order valence-corrected chi connectivity index (χ3v) is 7.76. The van der Waals surface area contributed by atoms with Crippen LogP contribution in [0.15, 0.2) is 48.7 Å². The Balaban J connectivity index is 1.77. The van der Waals surface area contributed by atoms with E-state index in [1.807, 2.05) is 6.20 Å². The summed E-state index contributed by atoms with van der Waals surface area (Å²) in [5.41, 5.74) is 9.37. The molecule has 4 aromatic rings. The number of hydrogen-bond donors (Lipinski definition) is 1. The molecule has 2 aromatic heterocycles. The Bertz CT molecular complexity index is 1460. The van der Waals surface area contributed by atoms with Crippen molar-refractivity contribution in [2.45, 2.75) is 43.9 Å². The fourth-order valence-electron chi connectivity index (χ4n) is 6.23. The first kappa shape index (κ1) is 16.9. The number of hydrogen-bond acceptors (Lipinski definition) is 3. The second-order valence-corrected chi connectivity index (χ2v) is 9.63. The van der Waals surface area contributed by atoms with E-state index < -0.39 is 5.79 Å². The smallest absolute Gasteiger partial charge is 0.244 e. The monoisotopic (exact) mass is 395 g/mol. The maximum atomic E-state index is 11.4. The minimum Gasteiger partial charge on any atom is -0.360 e. The summed E-state index contributed by atoms with van der Waals surface area (Å²) in [7, 11) is 1.61. The lowest BCUT2D eigenvalue weighted by Gasteiger charge is -2.35. The van der Waals surface area contributed by atoms with Gasteiger partial charge in [0.15, 0.2) is 0 Å². The van der Waals surface area contributed by atoms with Gasteiger partial charge in [0.1, 0.15) is 5.92 Å². The van der Waals surface area contributed by atoms with Gasteiger partial charge in [-0.15, -0.1) is 0 Å². The molecule has 2 aliphatic carbocycles. The lowest BCUT2D eigenvalue weighted by Crippen LogP contribution is -2.45. The molecular weight excluding hydrogens is 372 g/mol. The fourth-order valence-corrected chi connectivity index (χ4v) is 6.23. The number of aromatic nitrogens is 2. The molecule has 4 nitrogen and oxygen atoms in total. The van der Waals surface area contributed by atoms with Crippen molar-refractivity contribution in [1.29, 1.82) is 0 Å². The van der Waals surface area contributed by atoms with Gasteiger partial charge in [0.25, 0.3) is 0 Å². The van der Waals surface area contributed by atoms with Crippen LogP contribution in [0.3, 0.4) is 0 Å². The van der Waals surface area contributed by atoms with Crippen LogP contribution in [0.2, 0.25) is 0 Å². The van der Waals surface area contributed by atoms with E-state index in [2.05, 4.69) is 67.8 Å². The Hall–Kier alpha value is -2.82. The zero-order valence-electron chi connectivity index (χ0n) is 17.5. The minimum atomic E-state index is -1.21. The summed E-state index contributed by atoms with van der Waals surface area (Å²) < 4.78 is 8.07. The second kappa shape index (κ2) is 4.90. The van der Waals surface area contributed by atoms with Crippen LogP contribution in [0.4, 0.5) is 0 Å². The third kappa shape index (κ3) is 1.66. The number of pyridine rings is 2. The molecule has 0 spiro atoms. The van der Waals surface area contributed by atoms with Gasteiger partial charge < -0.3 is 9.84 Å². The van der Waals surface area contributed by atoms with Gasteiger partial charge in [-0.25, -0.2) is 0 Å². The van der Waals surface area contributed by atoms with Gasteiger partial charge >= 0.3 is 0 Å². The van der Waals surface area contributed by atoms with Crippen molar-refractivity contribution in [3.05, 3.63) is 70.9 Å². The highest BCUT2D eigenvalue weighted by Crippen LogP contribution is 2.65. The van der Waals surface area contributed by atoms with E-state index in [1.54, 1.807) is 7.11 Å². The summed E-state index contributed by atoms with van der Waals surface area (Å²) in [5.74, 6) is -1.32. The number of fused-ring (bicyclic) bond motifs is 5. The minimum absolute atomic E-state index is 0.110. The molecule has 0 amide bonds. The first-order chi connectivity index (χ1) is 14.4. The molecule has 3 heterocycles. The van der Waals surface area contributed by atoms with Crippen LogP contribution < -0.4 is 4.57 Å². The van der Waals surface area contributed by atoms with Crippen molar-refractivity contribution >= 4 is 21.8 Å². The first-order valence-corrected chi connectivity index (χ1v) is 10.6. The molecule has 0 radical (unpaired) electrons. The zero-order chi connectivity index (χ0) is 20.6. The van der Waals surface area contributed by atoms with Crippen molar-refractivity contribution in [2.24, 2.45) is 0 Å². The zero-order valence-corrected chi connectivity index (χ0v) is 17.5. The summed E-state index contributed by atoms with van der Waals surface area (Å²) in [5, 5.41) is 13.9. The Morgan fingerprint density at radius 3 is 2.73 bits per heavy atom. The van der Waals surface area contributed by atoms with Crippen molar-refractivity contribution in [3.8, 4) is 11.3 Å². The van der Waals surface area contributed by atoms with E-state index in [1.165, 1.54) is 38.7 Å². The molecule has 0 bridgehead atoms. The molecule has 3 unspecified atom stereocenters. The molecular formula is C26H23N2O2+. The molecule has 7 rings (SSSR count). The quantitative estimate of drug-likeness (QED) is 0.387. The third-order valence-electron chi connectivity index (χ3n) is 7.76. The maximum absolute atomic E-state index is 11.4. The maximum Gasteiger partial charge on any atom is 0.244 e. The van der Waals surface area contributed by atoms with E-state index >= 15 is 0 Å². The van der Waals surface area contributed by atoms with E-state index in [0.717, 1.165) is 16.6 Å². The van der Waals surface area contributed by atoms with E-state index in [0.29, 0.717) is 0 Å². The van der Waals surface area contributed by atoms with E-state index in [9.17, 15) is 5.11 Å². The molecule has 0 saturated heterocycles. The van der Waals surface area contributed by atoms with Crippen molar-refractivity contribution in [3.63, 3.8) is 0 Å². The molecule has 148 valence electrons. The predicted molar refractivity (Wildman–Crippen MR) is 115 cm³/mol. The molecule has 1 N–H and O–H groups in total. The van der Waals surface area contributed by atoms with Crippen molar-refractivity contribution < 1.29 is 14.4 Å². The van der Waals surface area contributed by atoms with Crippen LogP contribution in [0, 0.1) is 6.92 Å². The number of ether oxygens (including phenoxy) is 1. The van der Waals surface area contributed by atoms with Gasteiger partial charge in [-0.1, -0.05) is 37.6 Å². The average Bonchev–Trinajstić information content (AvgIpc) is 3.37. The molecule has 1 aliphatic heterocycles. The van der Waals surface area contributed by atoms with Crippen molar-refractivity contribution in [2.75, 3.05) is 7.11 Å². The normalized spacial score (nSPS) is 26.7. The lowest BCUT2D eigenvalue weighted by atomic mass is 9.68. The summed E-state index contributed by atoms with van der Waals surface area (Å²) in [4.78, 5) is 4.80. The van der Waals surface area contributed by atoms with Gasteiger partial charge in [-0.05, 0) is 30.7 Å². The molecule has 2 aromatic carbocycles. The van der Waals surface area contributed by atoms with Gasteiger partial charge in [0.2, 0.25) is 23.0 Å². The van der Waals surface area contributed by atoms with Crippen LogP contribution in [-0.4, -0.2) is 23.0 Å². The SMILES string of the molecule is COC1(O)C2c3cnc4cccc5c4c3-c3c(cc4cc(C)ccc4[n+]3C21)C5(C)C. The largest absolute Gasteiger partial charge is 0.360 e. The van der Waals surface area contributed by atoms with Crippen LogP contribution >= 0.6 is 0 Å². The number of methoxy groups -OCH3 is 1. The molecule has 30 heavy (non-hydrogen) atoms. The molecule has 3 aliphatic rings. The molecule has 3 atom stereocenters. The van der Waals surface area contributed by atoms with Gasteiger partial charge in [-0.3, -0.25) is 4.98 Å². The summed E-state index contributed by atoms with van der Waals surface area (Å²) in [6.45, 7) is 6.73. The number of rotatable bonds is 1. The number of nitrogens with zero attached hydrogens (tertiary/aromatic N) is 2. The van der Waals surface area contributed by atoms with E-state index in [4.69, 9.17) is 9.72 Å². The highest BCUT2D eigenvalue weighted by molar-refractivity contribution is 6.03. The predicted octanol–water partition coefficient (Wildman–Crippen LogP) is 4.28. The van der Waals surface area contributed by atoms with Crippen molar-refractivity contribution in [1.82, 2.24) is 4.98 Å². The van der Waals surface area contributed by atoms with Crippen LogP contribution in [0.25, 0.3) is 33.1 Å². The van der Waals surface area contributed by atoms with E-state index in [-0.39, 0.29) is 17.4 Å². The van der Waals surface area contributed by atoms with Crippen LogP contribution in [0.5, 0.6) is 0 Å². The standard InChI is InChI=1S/C26H23N2O2/c1-13-8-9-19-14(10-13)11-17-23-20-15(22-24(28(19)23)26(22,29)30-4)12-27-18-7-5-6-16(21(18)20)25(17,2)3/h5-12,22,24,29H,1-4H3/q+1. The fraction of sp³-hybridized carbons (Fsp3) is 0.308. The number of aryl methyl sites for hydroxylation is 1. The Kier molecular flexibility index (Phi) is 2.77. The highest BCUT2D eigenvalue weighted by Gasteiger charge is 2.77. The second-order valence-electron chi connectivity index (χ2n) is 9.63.